The summed E-state index contributed by atoms with van der Waals surface area (Å²) in [6.07, 6.45) is 13.9. The average Bonchev–Trinajstić information content (AvgIpc) is 3.09. The average molecular weight is 667 g/mol. The Labute approximate surface area is 286 Å². The molecule has 2 rings (SSSR count). The van der Waals surface area contributed by atoms with Gasteiger partial charge in [-0.1, -0.05) is 91.2 Å². The molecule has 4 amide bonds. The molecule has 0 radical (unpaired) electrons. The highest BCUT2D eigenvalue weighted by atomic mass is 16.3. The summed E-state index contributed by atoms with van der Waals surface area (Å²) >= 11 is 0. The van der Waals surface area contributed by atoms with Crippen LogP contribution in [0.2, 0.25) is 0 Å². The van der Waals surface area contributed by atoms with Crippen molar-refractivity contribution in [3.05, 3.63) is 58.7 Å². The van der Waals surface area contributed by atoms with E-state index in [0.717, 1.165) is 88.2 Å². The van der Waals surface area contributed by atoms with E-state index in [4.69, 9.17) is 0 Å². The quantitative estimate of drug-likeness (QED) is 0.0612. The third-order valence-electron chi connectivity index (χ3n) is 8.85. The molecule has 0 aliphatic heterocycles. The van der Waals surface area contributed by atoms with Crippen LogP contribution in [0.25, 0.3) is 0 Å². The molecule has 2 aromatic rings. The molecule has 0 heterocycles. The first kappa shape index (κ1) is 40.1. The number of rotatable bonds is 21. The fraction of sp³-hybridized carbons (Fsp3) is 0.579. The molecule has 6 N–H and O–H groups in total. The topological polar surface area (TPSA) is 157 Å². The number of amides is 4. The molecule has 0 saturated heterocycles. The molecule has 2 atom stereocenters. The van der Waals surface area contributed by atoms with E-state index in [-0.39, 0.29) is 34.4 Å². The summed E-state index contributed by atoms with van der Waals surface area (Å²) in [4.78, 5) is 51.9. The van der Waals surface area contributed by atoms with E-state index in [1.165, 1.54) is 12.1 Å². The number of phenols is 2. The summed E-state index contributed by atoms with van der Waals surface area (Å²) in [7, 11) is 0. The van der Waals surface area contributed by atoms with Crippen LogP contribution in [-0.4, -0.2) is 33.8 Å². The minimum atomic E-state index is -0.602. The normalized spacial score (nSPS) is 12.2. The van der Waals surface area contributed by atoms with Crippen LogP contribution in [0.4, 0.5) is 0 Å². The van der Waals surface area contributed by atoms with Gasteiger partial charge in [-0.15, -0.1) is 0 Å². The molecule has 0 saturated carbocycles. The standard InChI is InChI=1S/C38H58N4O6/c1-5-9-12-14-16-27-19-23-33(43)31(25-27)37(47)41-39-35(45)29(8-4)21-22-30(18-11-7-3)36(46)40-42-38(48)32-26-28(20-24-34(32)44)17-15-13-10-6-2/h19-20,23-26,29-30,43-44H,5-18,21-22H2,1-4H3,(H,39,45)(H,40,46)(H,41,47)(H,42,48). The Hall–Kier alpha value is -4.08. The van der Waals surface area contributed by atoms with Gasteiger partial charge in [-0.05, 0) is 86.8 Å². The van der Waals surface area contributed by atoms with Crippen LogP contribution in [0, 0.1) is 11.8 Å². The van der Waals surface area contributed by atoms with Gasteiger partial charge in [0.15, 0.2) is 0 Å². The van der Waals surface area contributed by atoms with Crippen molar-refractivity contribution in [2.24, 2.45) is 11.8 Å². The lowest BCUT2D eigenvalue weighted by Gasteiger charge is -2.20. The van der Waals surface area contributed by atoms with Gasteiger partial charge in [0.2, 0.25) is 11.8 Å². The molecule has 48 heavy (non-hydrogen) atoms. The molecule has 0 fully saturated rings. The minimum Gasteiger partial charge on any atom is -0.507 e. The number of hydrogen-bond acceptors (Lipinski definition) is 6. The fourth-order valence-electron chi connectivity index (χ4n) is 5.71. The second kappa shape index (κ2) is 22.5. The molecule has 0 aromatic heterocycles. The zero-order valence-electron chi connectivity index (χ0n) is 29.5. The Morgan fingerprint density at radius 3 is 1.42 bits per heavy atom. The number of carbonyl (C=O) groups excluding carboxylic acids is 4. The number of carbonyl (C=O) groups is 4. The highest BCUT2D eigenvalue weighted by Gasteiger charge is 2.24. The molecular formula is C38H58N4O6. The molecule has 0 bridgehead atoms. The lowest BCUT2D eigenvalue weighted by Crippen LogP contribution is -2.45. The molecular weight excluding hydrogens is 608 g/mol. The van der Waals surface area contributed by atoms with Gasteiger partial charge in [0, 0.05) is 11.8 Å². The molecule has 10 heteroatoms. The van der Waals surface area contributed by atoms with Gasteiger partial charge in [0.1, 0.15) is 11.5 Å². The first-order valence-electron chi connectivity index (χ1n) is 18.0. The van der Waals surface area contributed by atoms with Crippen LogP contribution in [0.5, 0.6) is 11.5 Å². The predicted octanol–water partition coefficient (Wildman–Crippen LogP) is 7.18. The smallest absolute Gasteiger partial charge is 0.273 e. The van der Waals surface area contributed by atoms with Crippen molar-refractivity contribution in [3.63, 3.8) is 0 Å². The molecule has 10 nitrogen and oxygen atoms in total. The Morgan fingerprint density at radius 1 is 0.542 bits per heavy atom. The molecule has 2 unspecified atom stereocenters. The van der Waals surface area contributed by atoms with Crippen molar-refractivity contribution in [3.8, 4) is 11.5 Å². The van der Waals surface area contributed by atoms with Gasteiger partial charge in [-0.2, -0.15) is 0 Å². The van der Waals surface area contributed by atoms with Gasteiger partial charge in [-0.3, -0.25) is 40.9 Å². The van der Waals surface area contributed by atoms with Gasteiger partial charge in [-0.25, -0.2) is 0 Å². The maximum absolute atomic E-state index is 13.2. The van der Waals surface area contributed by atoms with Gasteiger partial charge >= 0.3 is 0 Å². The van der Waals surface area contributed by atoms with Gasteiger partial charge in [0.25, 0.3) is 11.8 Å². The van der Waals surface area contributed by atoms with Crippen molar-refractivity contribution in [1.29, 1.82) is 0 Å². The number of aryl methyl sites for hydroxylation is 2. The van der Waals surface area contributed by atoms with Crippen molar-refractivity contribution in [2.45, 2.75) is 130 Å². The summed E-state index contributed by atoms with van der Waals surface area (Å²) in [6, 6.07) is 9.93. The lowest BCUT2D eigenvalue weighted by molar-refractivity contribution is -0.128. The van der Waals surface area contributed by atoms with E-state index >= 15 is 0 Å². The van der Waals surface area contributed by atoms with Crippen molar-refractivity contribution >= 4 is 23.6 Å². The number of hydrazine groups is 2. The second-order valence-electron chi connectivity index (χ2n) is 12.7. The first-order valence-corrected chi connectivity index (χ1v) is 18.0. The molecule has 266 valence electrons. The largest absolute Gasteiger partial charge is 0.507 e. The van der Waals surface area contributed by atoms with Crippen LogP contribution in [0.3, 0.4) is 0 Å². The maximum Gasteiger partial charge on any atom is 0.273 e. The lowest BCUT2D eigenvalue weighted by atomic mass is 9.90. The zero-order chi connectivity index (χ0) is 35.3. The molecule has 0 aliphatic rings. The molecule has 0 aliphatic carbocycles. The number of nitrogens with one attached hydrogen (secondary N) is 4. The highest BCUT2D eigenvalue weighted by Crippen LogP contribution is 2.23. The van der Waals surface area contributed by atoms with Crippen molar-refractivity contribution in [2.75, 3.05) is 0 Å². The van der Waals surface area contributed by atoms with E-state index in [1.54, 1.807) is 24.3 Å². The van der Waals surface area contributed by atoms with Crippen LogP contribution < -0.4 is 21.7 Å². The summed E-state index contributed by atoms with van der Waals surface area (Å²) in [6.45, 7) is 8.19. The van der Waals surface area contributed by atoms with Crippen LogP contribution >= 0.6 is 0 Å². The Bertz CT molecular complexity index is 1310. The SMILES string of the molecule is CCCCCCc1ccc(O)c(C(=O)NNC(=O)C(CC)CCC(CCCC)C(=O)NNC(=O)c2cc(CCCCCC)ccc2O)c1. The summed E-state index contributed by atoms with van der Waals surface area (Å²) < 4.78 is 0. The third kappa shape index (κ3) is 14.0. The number of aromatic hydroxyl groups is 2. The number of unbranched alkanes of at least 4 members (excludes halogenated alkanes) is 7. The summed E-state index contributed by atoms with van der Waals surface area (Å²) in [5, 5.41) is 20.6. The number of benzene rings is 2. The van der Waals surface area contributed by atoms with Crippen molar-refractivity contribution in [1.82, 2.24) is 21.7 Å². The first-order chi connectivity index (χ1) is 23.1. The van der Waals surface area contributed by atoms with E-state index in [2.05, 4.69) is 35.6 Å². The fourth-order valence-corrected chi connectivity index (χ4v) is 5.71. The van der Waals surface area contributed by atoms with Crippen molar-refractivity contribution < 1.29 is 29.4 Å². The predicted molar refractivity (Wildman–Crippen MR) is 189 cm³/mol. The maximum atomic E-state index is 13.2. The number of phenolic OH excluding ortho intramolecular Hbond substituents is 2. The Kier molecular flexibility index (Phi) is 18.8. The second-order valence-corrected chi connectivity index (χ2v) is 12.7. The molecule has 0 spiro atoms. The van der Waals surface area contributed by atoms with E-state index in [0.29, 0.717) is 25.7 Å². The minimum absolute atomic E-state index is 0.0988. The van der Waals surface area contributed by atoms with E-state index < -0.39 is 23.7 Å². The Morgan fingerprint density at radius 2 is 0.979 bits per heavy atom. The monoisotopic (exact) mass is 666 g/mol. The molecule has 2 aromatic carbocycles. The van der Waals surface area contributed by atoms with Crippen LogP contribution in [0.15, 0.2) is 36.4 Å². The van der Waals surface area contributed by atoms with E-state index in [9.17, 15) is 29.4 Å². The van der Waals surface area contributed by atoms with E-state index in [1.807, 2.05) is 13.8 Å². The highest BCUT2D eigenvalue weighted by molar-refractivity contribution is 5.98. The number of hydrogen-bond donors (Lipinski definition) is 6. The summed E-state index contributed by atoms with van der Waals surface area (Å²) in [5.74, 6) is -3.17. The van der Waals surface area contributed by atoms with Crippen LogP contribution in [-0.2, 0) is 22.4 Å². The van der Waals surface area contributed by atoms with Gasteiger partial charge < -0.3 is 10.2 Å². The zero-order valence-corrected chi connectivity index (χ0v) is 29.5. The summed E-state index contributed by atoms with van der Waals surface area (Å²) in [5.41, 5.74) is 12.0. The van der Waals surface area contributed by atoms with Gasteiger partial charge in [0.05, 0.1) is 11.1 Å². The Balaban J connectivity index is 1.93. The third-order valence-corrected chi connectivity index (χ3v) is 8.85. The van der Waals surface area contributed by atoms with Crippen LogP contribution in [0.1, 0.15) is 149 Å².